The van der Waals surface area contributed by atoms with E-state index in [1.807, 2.05) is 6.07 Å². The van der Waals surface area contributed by atoms with Crippen LogP contribution in [0.25, 0.3) is 0 Å². The van der Waals surface area contributed by atoms with Crippen LogP contribution in [0.15, 0.2) is 18.2 Å². The molecular weight excluding hydrogens is 208 g/mol. The molecule has 0 spiro atoms. The van der Waals surface area contributed by atoms with Gasteiger partial charge in [-0.1, -0.05) is 30.5 Å². The molecule has 0 N–H and O–H groups in total. The second kappa shape index (κ2) is 4.89. The van der Waals surface area contributed by atoms with Crippen LogP contribution in [0.1, 0.15) is 30.4 Å². The Morgan fingerprint density at radius 2 is 2.20 bits per heavy atom. The standard InChI is InChI=1S/C13H17ClO/c1-10-2-5-13(12(8-10)9-14)15-7-6-11-3-4-11/h2,5,8,11H,3-4,6-7,9H2,1H3. The third-order valence-corrected chi connectivity index (χ3v) is 3.13. The SMILES string of the molecule is Cc1ccc(OCCC2CC2)c(CCl)c1. The number of hydrogen-bond donors (Lipinski definition) is 0. The van der Waals surface area contributed by atoms with E-state index in [-0.39, 0.29) is 0 Å². The molecule has 0 aromatic heterocycles. The predicted octanol–water partition coefficient (Wildman–Crippen LogP) is 3.91. The van der Waals surface area contributed by atoms with Crippen molar-refractivity contribution >= 4 is 11.6 Å². The maximum Gasteiger partial charge on any atom is 0.123 e. The summed E-state index contributed by atoms with van der Waals surface area (Å²) in [5.74, 6) is 2.41. The van der Waals surface area contributed by atoms with Crippen molar-refractivity contribution in [3.63, 3.8) is 0 Å². The van der Waals surface area contributed by atoms with Gasteiger partial charge in [0.15, 0.2) is 0 Å². The lowest BCUT2D eigenvalue weighted by molar-refractivity contribution is 0.300. The number of ether oxygens (including phenoxy) is 1. The summed E-state index contributed by atoms with van der Waals surface area (Å²) >= 11 is 5.88. The highest BCUT2D eigenvalue weighted by molar-refractivity contribution is 6.17. The number of benzene rings is 1. The van der Waals surface area contributed by atoms with Gasteiger partial charge in [0.2, 0.25) is 0 Å². The molecule has 1 fully saturated rings. The average Bonchev–Trinajstić information content (AvgIpc) is 3.04. The quantitative estimate of drug-likeness (QED) is 0.689. The van der Waals surface area contributed by atoms with Crippen LogP contribution in [0.4, 0.5) is 0 Å². The number of rotatable bonds is 5. The number of halogens is 1. The van der Waals surface area contributed by atoms with Gasteiger partial charge in [-0.3, -0.25) is 0 Å². The van der Waals surface area contributed by atoms with E-state index in [2.05, 4.69) is 19.1 Å². The number of aryl methyl sites for hydroxylation is 1. The summed E-state index contributed by atoms with van der Waals surface area (Å²) in [5, 5.41) is 0. The van der Waals surface area contributed by atoms with E-state index in [0.29, 0.717) is 5.88 Å². The van der Waals surface area contributed by atoms with Gasteiger partial charge in [-0.05, 0) is 25.3 Å². The zero-order valence-electron chi connectivity index (χ0n) is 9.13. The molecule has 1 nitrogen and oxygen atoms in total. The second-order valence-corrected chi connectivity index (χ2v) is 4.59. The fraction of sp³-hybridized carbons (Fsp3) is 0.538. The zero-order chi connectivity index (χ0) is 10.7. The molecule has 2 rings (SSSR count). The van der Waals surface area contributed by atoms with Crippen LogP contribution in [-0.4, -0.2) is 6.61 Å². The van der Waals surface area contributed by atoms with Crippen molar-refractivity contribution in [3.05, 3.63) is 29.3 Å². The summed E-state index contributed by atoms with van der Waals surface area (Å²) in [6.45, 7) is 2.90. The fourth-order valence-corrected chi connectivity index (χ4v) is 1.90. The Morgan fingerprint density at radius 3 is 2.87 bits per heavy atom. The van der Waals surface area contributed by atoms with Gasteiger partial charge in [0.25, 0.3) is 0 Å². The van der Waals surface area contributed by atoms with Crippen molar-refractivity contribution in [2.45, 2.75) is 32.1 Å². The third kappa shape index (κ3) is 3.13. The van der Waals surface area contributed by atoms with Crippen molar-refractivity contribution in [3.8, 4) is 5.75 Å². The number of hydrogen-bond acceptors (Lipinski definition) is 1. The van der Waals surface area contributed by atoms with Gasteiger partial charge in [-0.25, -0.2) is 0 Å². The molecule has 0 heterocycles. The first-order valence-electron chi connectivity index (χ1n) is 5.58. The van der Waals surface area contributed by atoms with Crippen LogP contribution in [0.5, 0.6) is 5.75 Å². The molecular formula is C13H17ClO. The lowest BCUT2D eigenvalue weighted by Gasteiger charge is -2.10. The van der Waals surface area contributed by atoms with Crippen molar-refractivity contribution in [2.75, 3.05) is 6.61 Å². The van der Waals surface area contributed by atoms with Crippen molar-refractivity contribution in [1.82, 2.24) is 0 Å². The Balaban J connectivity index is 1.92. The first-order chi connectivity index (χ1) is 7.29. The van der Waals surface area contributed by atoms with E-state index in [1.54, 1.807) is 0 Å². The molecule has 15 heavy (non-hydrogen) atoms. The van der Waals surface area contributed by atoms with Crippen LogP contribution in [0.2, 0.25) is 0 Å². The Bertz CT molecular complexity index is 331. The van der Waals surface area contributed by atoms with Gasteiger partial charge < -0.3 is 4.74 Å². The first-order valence-corrected chi connectivity index (χ1v) is 6.11. The lowest BCUT2D eigenvalue weighted by atomic mass is 10.1. The fourth-order valence-electron chi connectivity index (χ4n) is 1.70. The summed E-state index contributed by atoms with van der Waals surface area (Å²) in [6.07, 6.45) is 3.97. The molecule has 1 aromatic carbocycles. The minimum absolute atomic E-state index is 0.528. The summed E-state index contributed by atoms with van der Waals surface area (Å²) < 4.78 is 5.75. The van der Waals surface area contributed by atoms with Crippen molar-refractivity contribution < 1.29 is 4.74 Å². The van der Waals surface area contributed by atoms with Gasteiger partial charge in [0.05, 0.1) is 12.5 Å². The van der Waals surface area contributed by atoms with Crippen LogP contribution >= 0.6 is 11.6 Å². The molecule has 0 saturated heterocycles. The first kappa shape index (κ1) is 10.8. The molecule has 82 valence electrons. The Hall–Kier alpha value is -0.690. The molecule has 0 atom stereocenters. The van der Waals surface area contributed by atoms with E-state index in [9.17, 15) is 0 Å². The van der Waals surface area contributed by atoms with Gasteiger partial charge in [0.1, 0.15) is 5.75 Å². The smallest absolute Gasteiger partial charge is 0.123 e. The van der Waals surface area contributed by atoms with Gasteiger partial charge >= 0.3 is 0 Å². The van der Waals surface area contributed by atoms with Crippen LogP contribution in [0, 0.1) is 12.8 Å². The zero-order valence-corrected chi connectivity index (χ0v) is 9.89. The summed E-state index contributed by atoms with van der Waals surface area (Å²) in [6, 6.07) is 6.20. The van der Waals surface area contributed by atoms with Crippen LogP contribution in [0.3, 0.4) is 0 Å². The van der Waals surface area contributed by atoms with E-state index < -0.39 is 0 Å². The topological polar surface area (TPSA) is 9.23 Å². The van der Waals surface area contributed by atoms with Gasteiger partial charge in [-0.2, -0.15) is 0 Å². The van der Waals surface area contributed by atoms with E-state index in [4.69, 9.17) is 16.3 Å². The third-order valence-electron chi connectivity index (χ3n) is 2.84. The highest BCUT2D eigenvalue weighted by Gasteiger charge is 2.20. The minimum atomic E-state index is 0.528. The normalized spacial score (nSPS) is 15.3. The van der Waals surface area contributed by atoms with Crippen molar-refractivity contribution in [1.29, 1.82) is 0 Å². The second-order valence-electron chi connectivity index (χ2n) is 4.33. The highest BCUT2D eigenvalue weighted by atomic mass is 35.5. The monoisotopic (exact) mass is 224 g/mol. The molecule has 1 saturated carbocycles. The molecule has 1 aliphatic carbocycles. The minimum Gasteiger partial charge on any atom is -0.493 e. The largest absolute Gasteiger partial charge is 0.493 e. The Labute approximate surface area is 96.4 Å². The van der Waals surface area contributed by atoms with Crippen molar-refractivity contribution in [2.24, 2.45) is 5.92 Å². The maximum atomic E-state index is 5.88. The summed E-state index contributed by atoms with van der Waals surface area (Å²) in [5.41, 5.74) is 2.34. The molecule has 2 heteroatoms. The molecule has 0 radical (unpaired) electrons. The predicted molar refractivity (Wildman–Crippen MR) is 63.6 cm³/mol. The molecule has 0 aliphatic heterocycles. The summed E-state index contributed by atoms with van der Waals surface area (Å²) in [4.78, 5) is 0. The van der Waals surface area contributed by atoms with E-state index >= 15 is 0 Å². The Morgan fingerprint density at radius 1 is 1.40 bits per heavy atom. The highest BCUT2D eigenvalue weighted by Crippen LogP contribution is 2.32. The maximum absolute atomic E-state index is 5.88. The number of alkyl halides is 1. The van der Waals surface area contributed by atoms with Gasteiger partial charge in [-0.15, -0.1) is 11.6 Å². The average molecular weight is 225 g/mol. The molecule has 0 amide bonds. The van der Waals surface area contributed by atoms with Gasteiger partial charge in [0, 0.05) is 5.56 Å². The molecule has 1 aromatic rings. The summed E-state index contributed by atoms with van der Waals surface area (Å²) in [7, 11) is 0. The Kier molecular flexibility index (Phi) is 3.53. The van der Waals surface area contributed by atoms with E-state index in [1.165, 1.54) is 24.8 Å². The molecule has 1 aliphatic rings. The van der Waals surface area contributed by atoms with Crippen LogP contribution in [-0.2, 0) is 5.88 Å². The molecule has 0 bridgehead atoms. The van der Waals surface area contributed by atoms with E-state index in [0.717, 1.165) is 23.8 Å². The molecule has 0 unspecified atom stereocenters. The lowest BCUT2D eigenvalue weighted by Crippen LogP contribution is -2.00. The van der Waals surface area contributed by atoms with Crippen LogP contribution < -0.4 is 4.74 Å².